The first-order valence-electron chi connectivity index (χ1n) is 3.09. The van der Waals surface area contributed by atoms with Crippen LogP contribution in [0.5, 0.6) is 0 Å². The lowest BCUT2D eigenvalue weighted by Crippen LogP contribution is -2.46. The van der Waals surface area contributed by atoms with E-state index in [-0.39, 0.29) is 6.03 Å². The van der Waals surface area contributed by atoms with Gasteiger partial charge in [-0.3, -0.25) is 4.90 Å². The predicted molar refractivity (Wildman–Crippen MR) is 43.9 cm³/mol. The van der Waals surface area contributed by atoms with Crippen LogP contribution in [0.25, 0.3) is 0 Å². The number of aliphatic hydroxyl groups excluding tert-OH is 1. The van der Waals surface area contributed by atoms with Gasteiger partial charge in [0.15, 0.2) is 6.23 Å². The van der Waals surface area contributed by atoms with Crippen molar-refractivity contribution in [2.75, 3.05) is 14.1 Å². The van der Waals surface area contributed by atoms with Crippen molar-refractivity contribution in [3.05, 3.63) is 10.7 Å². The maximum Gasteiger partial charge on any atom is 0.325 e. The number of carbonyl (C=O) groups is 1. The summed E-state index contributed by atoms with van der Waals surface area (Å²) in [5.74, 6) is 0. The molecule has 0 spiro atoms. The number of nitrogens with zero attached hydrogens (tertiary/aromatic N) is 2. The van der Waals surface area contributed by atoms with Gasteiger partial charge in [0.05, 0.1) is 4.48 Å². The number of hydrogen-bond donors (Lipinski definition) is 1. The Kier molecular flexibility index (Phi) is 2.20. The van der Waals surface area contributed by atoms with Gasteiger partial charge < -0.3 is 10.0 Å². The van der Waals surface area contributed by atoms with Gasteiger partial charge >= 0.3 is 6.03 Å². The van der Waals surface area contributed by atoms with Crippen LogP contribution in [0.2, 0.25) is 0 Å². The van der Waals surface area contributed by atoms with Crippen molar-refractivity contribution in [1.29, 1.82) is 0 Å². The fraction of sp³-hybridized carbons (Fsp3) is 0.500. The molecule has 1 heterocycles. The van der Waals surface area contributed by atoms with Crippen LogP contribution in [0, 0.1) is 0 Å². The van der Waals surface area contributed by atoms with E-state index in [4.69, 9.17) is 0 Å². The normalized spacial score (nSPS) is 25.6. The Bertz CT molecular complexity index is 217. The average Bonchev–Trinajstić information content (AvgIpc) is 1.97. The Morgan fingerprint density at radius 1 is 1.64 bits per heavy atom. The first-order chi connectivity index (χ1) is 5.04. The number of halogens is 1. The molecular formula is C6H9BrN2O2. The van der Waals surface area contributed by atoms with Gasteiger partial charge in [0.2, 0.25) is 0 Å². The molecule has 62 valence electrons. The molecule has 1 aliphatic heterocycles. The summed E-state index contributed by atoms with van der Waals surface area (Å²) in [5, 5.41) is 9.30. The van der Waals surface area contributed by atoms with Gasteiger partial charge in [-0.05, 0) is 15.9 Å². The summed E-state index contributed by atoms with van der Waals surface area (Å²) in [6, 6.07) is -0.222. The molecule has 0 aromatic carbocycles. The molecular weight excluding hydrogens is 212 g/mol. The predicted octanol–water partition coefficient (Wildman–Crippen LogP) is 0.538. The Morgan fingerprint density at radius 3 is 2.73 bits per heavy atom. The topological polar surface area (TPSA) is 43.8 Å². The van der Waals surface area contributed by atoms with E-state index < -0.39 is 6.23 Å². The van der Waals surface area contributed by atoms with Crippen molar-refractivity contribution in [2.45, 2.75) is 6.23 Å². The highest BCUT2D eigenvalue weighted by atomic mass is 79.9. The fourth-order valence-corrected chi connectivity index (χ4v) is 1.46. The van der Waals surface area contributed by atoms with Gasteiger partial charge in [-0.1, -0.05) is 0 Å². The van der Waals surface area contributed by atoms with Crippen LogP contribution in [0.3, 0.4) is 0 Å². The van der Waals surface area contributed by atoms with E-state index in [0.29, 0.717) is 4.48 Å². The van der Waals surface area contributed by atoms with Gasteiger partial charge in [0, 0.05) is 20.3 Å². The first-order valence-corrected chi connectivity index (χ1v) is 3.88. The summed E-state index contributed by atoms with van der Waals surface area (Å²) in [5.41, 5.74) is 0. The fourth-order valence-electron chi connectivity index (χ4n) is 0.845. The second kappa shape index (κ2) is 2.83. The van der Waals surface area contributed by atoms with Crippen LogP contribution < -0.4 is 0 Å². The maximum atomic E-state index is 11.1. The number of hydrogen-bond acceptors (Lipinski definition) is 2. The molecule has 0 saturated carbocycles. The van der Waals surface area contributed by atoms with Crippen LogP contribution in [-0.2, 0) is 0 Å². The van der Waals surface area contributed by atoms with Crippen molar-refractivity contribution in [3.63, 3.8) is 0 Å². The molecule has 0 fully saturated rings. The standard InChI is InChI=1S/C6H9BrN2O2/c1-8-3-4(7)5(10)9(2)6(8)11/h3,5,10H,1-2H3. The number of likely N-dealkylation sites (N-methyl/N-ethyl adjacent to an activating group) is 1. The van der Waals surface area contributed by atoms with E-state index in [2.05, 4.69) is 15.9 Å². The minimum atomic E-state index is -0.848. The molecule has 0 saturated heterocycles. The van der Waals surface area contributed by atoms with E-state index in [0.717, 1.165) is 0 Å². The summed E-state index contributed by atoms with van der Waals surface area (Å²) in [6.07, 6.45) is 0.700. The molecule has 0 radical (unpaired) electrons. The average molecular weight is 221 g/mol. The summed E-state index contributed by atoms with van der Waals surface area (Å²) in [6.45, 7) is 0. The van der Waals surface area contributed by atoms with Gasteiger partial charge in [0.25, 0.3) is 0 Å². The highest BCUT2D eigenvalue weighted by molar-refractivity contribution is 9.11. The number of carbonyl (C=O) groups excluding carboxylic acids is 1. The Balaban J connectivity index is 2.92. The zero-order chi connectivity index (χ0) is 8.59. The van der Waals surface area contributed by atoms with Gasteiger partial charge in [-0.15, -0.1) is 0 Å². The van der Waals surface area contributed by atoms with Crippen LogP contribution in [0.15, 0.2) is 10.7 Å². The molecule has 4 nitrogen and oxygen atoms in total. The zero-order valence-corrected chi connectivity index (χ0v) is 7.87. The van der Waals surface area contributed by atoms with Crippen LogP contribution in [-0.4, -0.2) is 41.3 Å². The molecule has 5 heteroatoms. The van der Waals surface area contributed by atoms with Crippen molar-refractivity contribution in [1.82, 2.24) is 9.80 Å². The lowest BCUT2D eigenvalue weighted by molar-refractivity contribution is 0.0629. The van der Waals surface area contributed by atoms with Crippen LogP contribution in [0.1, 0.15) is 0 Å². The Morgan fingerprint density at radius 2 is 2.18 bits per heavy atom. The summed E-state index contributed by atoms with van der Waals surface area (Å²) in [4.78, 5) is 13.7. The third-order valence-electron chi connectivity index (χ3n) is 1.53. The van der Waals surface area contributed by atoms with Gasteiger partial charge in [-0.2, -0.15) is 0 Å². The molecule has 2 amide bonds. The third kappa shape index (κ3) is 1.39. The molecule has 0 aromatic heterocycles. The smallest absolute Gasteiger partial charge is 0.325 e. The van der Waals surface area contributed by atoms with Gasteiger partial charge in [0.1, 0.15) is 0 Å². The summed E-state index contributed by atoms with van der Waals surface area (Å²) in [7, 11) is 3.17. The van der Waals surface area contributed by atoms with E-state index >= 15 is 0 Å². The zero-order valence-electron chi connectivity index (χ0n) is 6.28. The quantitative estimate of drug-likeness (QED) is 0.648. The van der Waals surface area contributed by atoms with E-state index in [1.165, 1.54) is 16.8 Å². The largest absolute Gasteiger partial charge is 0.369 e. The van der Waals surface area contributed by atoms with Crippen LogP contribution in [0.4, 0.5) is 4.79 Å². The molecule has 0 aliphatic carbocycles. The molecule has 0 bridgehead atoms. The minimum absolute atomic E-state index is 0.222. The first kappa shape index (κ1) is 8.55. The van der Waals surface area contributed by atoms with Crippen LogP contribution >= 0.6 is 15.9 Å². The molecule has 1 atom stereocenters. The highest BCUT2D eigenvalue weighted by Crippen LogP contribution is 2.20. The third-order valence-corrected chi connectivity index (χ3v) is 2.15. The van der Waals surface area contributed by atoms with Crippen molar-refractivity contribution >= 4 is 22.0 Å². The van der Waals surface area contributed by atoms with E-state index in [9.17, 15) is 9.90 Å². The second-order valence-electron chi connectivity index (χ2n) is 2.39. The van der Waals surface area contributed by atoms with Crippen molar-refractivity contribution < 1.29 is 9.90 Å². The Hall–Kier alpha value is -0.550. The lowest BCUT2D eigenvalue weighted by Gasteiger charge is -2.31. The highest BCUT2D eigenvalue weighted by Gasteiger charge is 2.27. The number of rotatable bonds is 0. The lowest BCUT2D eigenvalue weighted by atomic mass is 10.4. The molecule has 11 heavy (non-hydrogen) atoms. The molecule has 1 rings (SSSR count). The number of amides is 2. The second-order valence-corrected chi connectivity index (χ2v) is 3.31. The van der Waals surface area contributed by atoms with Crippen molar-refractivity contribution in [2.24, 2.45) is 0 Å². The van der Waals surface area contributed by atoms with E-state index in [1.807, 2.05) is 0 Å². The minimum Gasteiger partial charge on any atom is -0.369 e. The molecule has 1 unspecified atom stereocenters. The summed E-state index contributed by atoms with van der Waals surface area (Å²) >= 11 is 3.14. The maximum absolute atomic E-state index is 11.1. The monoisotopic (exact) mass is 220 g/mol. The number of aliphatic hydroxyl groups is 1. The molecule has 1 aliphatic rings. The van der Waals surface area contributed by atoms with E-state index in [1.54, 1.807) is 13.2 Å². The molecule has 0 aromatic rings. The van der Waals surface area contributed by atoms with Crippen molar-refractivity contribution in [3.8, 4) is 0 Å². The molecule has 1 N–H and O–H groups in total. The Labute approximate surface area is 73.2 Å². The summed E-state index contributed by atoms with van der Waals surface area (Å²) < 4.78 is 0.585. The number of urea groups is 1. The SMILES string of the molecule is CN1C=C(Br)C(O)N(C)C1=O. The van der Waals surface area contributed by atoms with Gasteiger partial charge in [-0.25, -0.2) is 4.79 Å².